The molecule has 4 amide bonds. The quantitative estimate of drug-likeness (QED) is 0.0568. The van der Waals surface area contributed by atoms with Crippen LogP contribution in [0.25, 0.3) is 0 Å². The lowest BCUT2D eigenvalue weighted by Crippen LogP contribution is -2.57. The molecule has 0 radical (unpaired) electrons. The minimum Gasteiger partial charge on any atom is -0.481 e. The molecule has 0 aliphatic carbocycles. The first-order valence-electron chi connectivity index (χ1n) is 10.2. The normalized spacial score (nSPS) is 13.9. The molecule has 0 fully saturated rings. The summed E-state index contributed by atoms with van der Waals surface area (Å²) < 4.78 is 0. The number of carboxylic acids is 2. The van der Waals surface area contributed by atoms with Gasteiger partial charge in [-0.25, -0.2) is 0 Å². The monoisotopic (exact) mass is 488 g/mol. The average molecular weight is 489 g/mol. The molecule has 0 aromatic carbocycles. The zero-order valence-electron chi connectivity index (χ0n) is 18.7. The molecule has 0 bridgehead atoms. The van der Waals surface area contributed by atoms with Crippen LogP contribution in [-0.2, 0) is 28.8 Å². The molecule has 0 aromatic heterocycles. The van der Waals surface area contributed by atoms with Crippen LogP contribution in [0.2, 0.25) is 0 Å². The van der Waals surface area contributed by atoms with E-state index in [2.05, 4.69) is 20.9 Å². The molecule has 0 aliphatic heterocycles. The number of hydrogen-bond donors (Lipinski definition) is 9. The molecule has 4 atom stereocenters. The number of nitrogens with one attached hydrogen (secondary N) is 3. The highest BCUT2D eigenvalue weighted by atomic mass is 16.4. The second-order valence-electron chi connectivity index (χ2n) is 7.35. The molecule has 192 valence electrons. The van der Waals surface area contributed by atoms with Crippen LogP contribution < -0.4 is 38.9 Å². The Morgan fingerprint density at radius 1 is 0.853 bits per heavy atom. The smallest absolute Gasteiger partial charge is 0.325 e. The van der Waals surface area contributed by atoms with Crippen LogP contribution in [0.1, 0.15) is 39.0 Å². The van der Waals surface area contributed by atoms with Crippen LogP contribution in [0, 0.1) is 0 Å². The lowest BCUT2D eigenvalue weighted by Gasteiger charge is -2.24. The van der Waals surface area contributed by atoms with E-state index < -0.39 is 66.2 Å². The maximum atomic E-state index is 12.7. The van der Waals surface area contributed by atoms with Crippen molar-refractivity contribution >= 4 is 41.5 Å². The largest absolute Gasteiger partial charge is 0.481 e. The zero-order valence-corrected chi connectivity index (χ0v) is 18.7. The molecule has 0 rings (SSSR count). The molecule has 0 saturated carbocycles. The molecule has 0 aromatic rings. The number of guanidine groups is 1. The Kier molecular flexibility index (Phi) is 13.2. The van der Waals surface area contributed by atoms with Gasteiger partial charge in [0.2, 0.25) is 23.6 Å². The molecule has 0 aliphatic rings. The summed E-state index contributed by atoms with van der Waals surface area (Å²) >= 11 is 0. The molecule has 16 nitrogen and oxygen atoms in total. The molecule has 0 saturated heterocycles. The molecule has 0 heterocycles. The van der Waals surface area contributed by atoms with Gasteiger partial charge in [0.1, 0.15) is 18.1 Å². The van der Waals surface area contributed by atoms with Crippen molar-refractivity contribution in [3.8, 4) is 0 Å². The van der Waals surface area contributed by atoms with Gasteiger partial charge in [0.15, 0.2) is 5.96 Å². The number of primary amides is 1. The van der Waals surface area contributed by atoms with Gasteiger partial charge < -0.3 is 49.1 Å². The highest BCUT2D eigenvalue weighted by Gasteiger charge is 2.30. The topological polar surface area (TPSA) is 295 Å². The third kappa shape index (κ3) is 12.8. The van der Waals surface area contributed by atoms with E-state index in [0.717, 1.165) is 0 Å². The lowest BCUT2D eigenvalue weighted by molar-refractivity contribution is -0.143. The summed E-state index contributed by atoms with van der Waals surface area (Å²) in [5, 5.41) is 24.6. The van der Waals surface area contributed by atoms with E-state index >= 15 is 0 Å². The molecular weight excluding hydrogens is 456 g/mol. The van der Waals surface area contributed by atoms with Crippen LogP contribution in [0.3, 0.4) is 0 Å². The van der Waals surface area contributed by atoms with Crippen molar-refractivity contribution in [2.75, 3.05) is 6.54 Å². The molecule has 0 spiro atoms. The van der Waals surface area contributed by atoms with Crippen LogP contribution in [0.15, 0.2) is 4.99 Å². The van der Waals surface area contributed by atoms with Gasteiger partial charge in [-0.15, -0.1) is 0 Å². The van der Waals surface area contributed by atoms with Crippen LogP contribution >= 0.6 is 0 Å². The van der Waals surface area contributed by atoms with Crippen molar-refractivity contribution in [3.05, 3.63) is 0 Å². The molecule has 4 unspecified atom stereocenters. The molecule has 13 N–H and O–H groups in total. The first-order valence-corrected chi connectivity index (χ1v) is 10.2. The van der Waals surface area contributed by atoms with E-state index in [0.29, 0.717) is 6.42 Å². The minimum atomic E-state index is -1.62. The maximum Gasteiger partial charge on any atom is 0.325 e. The highest BCUT2D eigenvalue weighted by molar-refractivity contribution is 5.95. The predicted octanol–water partition coefficient (Wildman–Crippen LogP) is -4.33. The van der Waals surface area contributed by atoms with Crippen molar-refractivity contribution in [1.29, 1.82) is 0 Å². The summed E-state index contributed by atoms with van der Waals surface area (Å²) in [6.45, 7) is 1.38. The third-order valence-electron chi connectivity index (χ3n) is 4.36. The van der Waals surface area contributed by atoms with E-state index in [-0.39, 0.29) is 31.8 Å². The van der Waals surface area contributed by atoms with Crippen molar-refractivity contribution in [2.45, 2.75) is 63.2 Å². The Bertz CT molecular complexity index is 799. The first-order chi connectivity index (χ1) is 15.7. The molecule has 16 heteroatoms. The van der Waals surface area contributed by atoms with E-state index in [1.54, 1.807) is 0 Å². The fraction of sp³-hybridized carbons (Fsp3) is 0.611. The number of aliphatic imine (C=N–C) groups is 1. The van der Waals surface area contributed by atoms with Gasteiger partial charge in [0.25, 0.3) is 0 Å². The second kappa shape index (κ2) is 15.0. The van der Waals surface area contributed by atoms with Gasteiger partial charge in [-0.3, -0.25) is 33.8 Å². The van der Waals surface area contributed by atoms with Gasteiger partial charge >= 0.3 is 11.9 Å². The van der Waals surface area contributed by atoms with Crippen molar-refractivity contribution in [1.82, 2.24) is 16.0 Å². The Labute approximate surface area is 194 Å². The van der Waals surface area contributed by atoms with Gasteiger partial charge in [-0.1, -0.05) is 0 Å². The molecular formula is C18H32N8O8. The predicted molar refractivity (Wildman–Crippen MR) is 118 cm³/mol. The minimum absolute atomic E-state index is 0.126. The molecule has 34 heavy (non-hydrogen) atoms. The van der Waals surface area contributed by atoms with Crippen molar-refractivity contribution in [3.63, 3.8) is 0 Å². The average Bonchev–Trinajstić information content (AvgIpc) is 2.72. The number of carbonyl (C=O) groups is 6. The van der Waals surface area contributed by atoms with Crippen LogP contribution in [0.4, 0.5) is 0 Å². The van der Waals surface area contributed by atoms with Crippen molar-refractivity contribution < 1.29 is 39.0 Å². The Hall–Kier alpha value is -3.95. The van der Waals surface area contributed by atoms with Crippen LogP contribution in [0.5, 0.6) is 0 Å². The van der Waals surface area contributed by atoms with Gasteiger partial charge in [-0.05, 0) is 26.2 Å². The summed E-state index contributed by atoms with van der Waals surface area (Å²) in [6.07, 6.45) is -1.01. The number of rotatable bonds is 16. The number of nitrogens with two attached hydrogens (primary N) is 4. The standard InChI is InChI=1S/C18H32N8O8/c1-8(17(33)34)24-15(31)10(4-5-12(20)27)25-16(32)11(7-13(28)29)26-14(30)9(19)3-2-6-23-18(21)22/h8-11H,2-7,19H2,1H3,(H2,20,27)(H,24,31)(H,25,32)(H,26,30)(H,28,29)(H,33,34)(H4,21,22,23). The van der Waals surface area contributed by atoms with Crippen LogP contribution in [-0.4, -0.2) is 82.5 Å². The first kappa shape index (κ1) is 30.1. The zero-order chi connectivity index (χ0) is 26.4. The Morgan fingerprint density at radius 2 is 1.41 bits per heavy atom. The summed E-state index contributed by atoms with van der Waals surface area (Å²) in [6, 6.07) is -5.46. The third-order valence-corrected chi connectivity index (χ3v) is 4.36. The Balaban J connectivity index is 5.32. The van der Waals surface area contributed by atoms with E-state index in [9.17, 15) is 28.8 Å². The number of amides is 4. The van der Waals surface area contributed by atoms with E-state index in [1.165, 1.54) is 6.92 Å². The summed E-state index contributed by atoms with van der Waals surface area (Å²) in [5.74, 6) is -6.54. The number of aliphatic carboxylic acids is 2. The van der Waals surface area contributed by atoms with E-state index in [4.69, 9.17) is 33.1 Å². The van der Waals surface area contributed by atoms with Gasteiger partial charge in [0.05, 0.1) is 12.5 Å². The number of carboxylic acid groups (broad SMARTS) is 2. The van der Waals surface area contributed by atoms with E-state index in [1.807, 2.05) is 0 Å². The Morgan fingerprint density at radius 3 is 1.91 bits per heavy atom. The second-order valence-corrected chi connectivity index (χ2v) is 7.35. The lowest BCUT2D eigenvalue weighted by atomic mass is 10.1. The SMILES string of the molecule is CC(NC(=O)C(CCC(N)=O)NC(=O)C(CC(=O)O)NC(=O)C(N)CCCN=C(N)N)C(=O)O. The number of hydrogen-bond acceptors (Lipinski definition) is 8. The van der Waals surface area contributed by atoms with Gasteiger partial charge in [0, 0.05) is 13.0 Å². The van der Waals surface area contributed by atoms with Gasteiger partial charge in [-0.2, -0.15) is 0 Å². The summed E-state index contributed by atoms with van der Waals surface area (Å²) in [4.78, 5) is 74.4. The summed E-state index contributed by atoms with van der Waals surface area (Å²) in [7, 11) is 0. The summed E-state index contributed by atoms with van der Waals surface area (Å²) in [5.41, 5.74) is 21.2. The fourth-order valence-corrected chi connectivity index (χ4v) is 2.52. The number of carbonyl (C=O) groups excluding carboxylic acids is 4. The highest BCUT2D eigenvalue weighted by Crippen LogP contribution is 2.03. The van der Waals surface area contributed by atoms with Crippen molar-refractivity contribution in [2.24, 2.45) is 27.9 Å². The number of nitrogens with zero attached hydrogens (tertiary/aromatic N) is 1. The fourth-order valence-electron chi connectivity index (χ4n) is 2.52. The maximum absolute atomic E-state index is 12.7.